The Labute approximate surface area is 197 Å². The lowest BCUT2D eigenvalue weighted by atomic mass is 10.2. The first-order valence-corrected chi connectivity index (χ1v) is 10.5. The quantitative estimate of drug-likeness (QED) is 0.448. The Bertz CT molecular complexity index is 1360. The molecule has 0 aromatic carbocycles. The Morgan fingerprint density at radius 2 is 2.15 bits per heavy atom. The molecule has 2 aliphatic carbocycles. The van der Waals surface area contributed by atoms with Crippen molar-refractivity contribution in [2.24, 2.45) is 5.92 Å². The fourth-order valence-corrected chi connectivity index (χ4v) is 3.38. The number of hydrogen-bond acceptors (Lipinski definition) is 9. The van der Waals surface area contributed by atoms with Gasteiger partial charge in [0.15, 0.2) is 23.1 Å². The first-order valence-electron chi connectivity index (χ1n) is 12.0. The molecule has 0 aliphatic heterocycles. The highest BCUT2D eigenvalue weighted by molar-refractivity contribution is 6.00. The third-order valence-corrected chi connectivity index (χ3v) is 5.44. The zero-order chi connectivity index (χ0) is 26.3. The number of aromatic nitrogens is 6. The van der Waals surface area contributed by atoms with Crippen LogP contribution < -0.4 is 20.7 Å². The maximum absolute atomic E-state index is 13.3. The van der Waals surface area contributed by atoms with Crippen molar-refractivity contribution in [2.75, 3.05) is 24.7 Å². The van der Waals surface area contributed by atoms with E-state index < -0.39 is 30.9 Å². The van der Waals surface area contributed by atoms with E-state index in [-0.39, 0.29) is 41.2 Å². The van der Waals surface area contributed by atoms with E-state index in [0.717, 1.165) is 12.8 Å². The van der Waals surface area contributed by atoms with E-state index in [1.807, 2.05) is 5.32 Å². The summed E-state index contributed by atoms with van der Waals surface area (Å²) in [6.07, 6.45) is 4.01. The maximum Gasteiger partial charge on any atom is 0.273 e. The molecule has 3 aromatic rings. The molecule has 0 spiro atoms. The molecule has 3 heterocycles. The van der Waals surface area contributed by atoms with Crippen LogP contribution in [0.1, 0.15) is 39.9 Å². The van der Waals surface area contributed by atoms with Gasteiger partial charge in [0.25, 0.3) is 5.91 Å². The Kier molecular flexibility index (Phi) is 4.65. The van der Waals surface area contributed by atoms with Gasteiger partial charge in [0.1, 0.15) is 11.9 Å². The molecule has 13 heteroatoms. The molecular formula is C21H22FN9O3. The van der Waals surface area contributed by atoms with Crippen molar-refractivity contribution in [3.63, 3.8) is 0 Å². The van der Waals surface area contributed by atoms with Crippen LogP contribution in [0.3, 0.4) is 0 Å². The normalized spacial score (nSPS) is 20.5. The number of alkyl halides is 1. The molecular weight excluding hydrogens is 445 g/mol. The van der Waals surface area contributed by atoms with Gasteiger partial charge < -0.3 is 20.7 Å². The average molecular weight is 470 g/mol. The third kappa shape index (κ3) is 4.23. The van der Waals surface area contributed by atoms with Crippen LogP contribution in [0, 0.1) is 5.92 Å². The number of ether oxygens (including phenoxy) is 1. The largest absolute Gasteiger partial charge is 0.492 e. The number of carbonyl (C=O) groups excluding carboxylic acids is 2. The van der Waals surface area contributed by atoms with Crippen LogP contribution in [0.25, 0.3) is 11.3 Å². The number of amides is 2. The van der Waals surface area contributed by atoms with Gasteiger partial charge in [-0.1, -0.05) is 0 Å². The van der Waals surface area contributed by atoms with Gasteiger partial charge >= 0.3 is 0 Å². The van der Waals surface area contributed by atoms with Gasteiger partial charge in [0.2, 0.25) is 5.91 Å². The number of nitrogens with one attached hydrogen (secondary N) is 3. The SMILES string of the molecule is [2H]C([2H])([2H])NC(=O)c1nnc(NC(=O)[C@@H]2C[C@@H]2F)cc1Nc1nccc(-c2cnn(C3CC3)n2)c1OC. The molecule has 3 N–H and O–H groups in total. The average Bonchev–Trinajstić information content (AvgIpc) is 3.76. The Hall–Kier alpha value is -4.16. The lowest BCUT2D eigenvalue weighted by Crippen LogP contribution is -2.23. The van der Waals surface area contributed by atoms with Crippen molar-refractivity contribution >= 4 is 29.1 Å². The topological polar surface area (TPSA) is 149 Å². The summed E-state index contributed by atoms with van der Waals surface area (Å²) >= 11 is 0. The van der Waals surface area contributed by atoms with Gasteiger partial charge in [-0.2, -0.15) is 15.0 Å². The molecule has 0 saturated heterocycles. The van der Waals surface area contributed by atoms with Crippen molar-refractivity contribution < 1.29 is 22.8 Å². The van der Waals surface area contributed by atoms with Crippen LogP contribution >= 0.6 is 0 Å². The van der Waals surface area contributed by atoms with E-state index in [0.29, 0.717) is 11.3 Å². The summed E-state index contributed by atoms with van der Waals surface area (Å²) in [7, 11) is 1.43. The minimum atomic E-state index is -2.78. The van der Waals surface area contributed by atoms with Crippen molar-refractivity contribution in [3.05, 3.63) is 30.2 Å². The molecule has 0 bridgehead atoms. The fraction of sp³-hybridized carbons (Fsp3) is 0.381. The summed E-state index contributed by atoms with van der Waals surface area (Å²) in [4.78, 5) is 30.8. The Morgan fingerprint density at radius 1 is 1.32 bits per heavy atom. The van der Waals surface area contributed by atoms with Gasteiger partial charge in [-0.05, 0) is 25.3 Å². The number of halogens is 1. The van der Waals surface area contributed by atoms with E-state index in [1.165, 1.54) is 19.4 Å². The summed E-state index contributed by atoms with van der Waals surface area (Å²) in [5.74, 6) is -2.04. The molecule has 3 aromatic heterocycles. The highest BCUT2D eigenvalue weighted by Crippen LogP contribution is 2.38. The van der Waals surface area contributed by atoms with E-state index in [9.17, 15) is 14.0 Å². The van der Waals surface area contributed by atoms with Crippen molar-refractivity contribution in [1.29, 1.82) is 0 Å². The maximum atomic E-state index is 13.3. The van der Waals surface area contributed by atoms with Crippen LogP contribution in [0.5, 0.6) is 5.75 Å². The number of rotatable bonds is 8. The summed E-state index contributed by atoms with van der Waals surface area (Å²) in [5, 5.41) is 23.6. The number of nitrogens with zero attached hydrogens (tertiary/aromatic N) is 6. The van der Waals surface area contributed by atoms with Crippen LogP contribution in [-0.4, -0.2) is 62.2 Å². The molecule has 2 fully saturated rings. The molecule has 5 rings (SSSR count). The number of methoxy groups -OCH3 is 1. The zero-order valence-corrected chi connectivity index (χ0v) is 17.9. The van der Waals surface area contributed by atoms with Gasteiger partial charge in [0, 0.05) is 23.4 Å². The smallest absolute Gasteiger partial charge is 0.273 e. The summed E-state index contributed by atoms with van der Waals surface area (Å²) in [6, 6.07) is 3.23. The highest BCUT2D eigenvalue weighted by atomic mass is 19.1. The van der Waals surface area contributed by atoms with E-state index in [2.05, 4.69) is 36.0 Å². The lowest BCUT2D eigenvalue weighted by Gasteiger charge is -2.15. The molecule has 2 aliphatic rings. The second-order valence-corrected chi connectivity index (χ2v) is 7.94. The van der Waals surface area contributed by atoms with Gasteiger partial charge in [-0.3, -0.25) is 9.59 Å². The summed E-state index contributed by atoms with van der Waals surface area (Å²) in [6.45, 7) is -2.78. The third-order valence-electron chi connectivity index (χ3n) is 5.44. The Morgan fingerprint density at radius 3 is 2.85 bits per heavy atom. The van der Waals surface area contributed by atoms with Gasteiger partial charge in [0.05, 0.1) is 36.5 Å². The first kappa shape index (κ1) is 18.3. The van der Waals surface area contributed by atoms with Crippen LogP contribution in [0.4, 0.5) is 21.7 Å². The van der Waals surface area contributed by atoms with Crippen LogP contribution in [0.2, 0.25) is 0 Å². The summed E-state index contributed by atoms with van der Waals surface area (Å²) in [5.41, 5.74) is 0.710. The second kappa shape index (κ2) is 8.65. The number of hydrogen-bond donors (Lipinski definition) is 3. The van der Waals surface area contributed by atoms with Crippen LogP contribution in [0.15, 0.2) is 24.5 Å². The van der Waals surface area contributed by atoms with Gasteiger partial charge in [-0.15, -0.1) is 10.2 Å². The highest BCUT2D eigenvalue weighted by Gasteiger charge is 2.43. The van der Waals surface area contributed by atoms with E-state index in [4.69, 9.17) is 8.85 Å². The molecule has 2 saturated carbocycles. The van der Waals surface area contributed by atoms with Crippen molar-refractivity contribution in [1.82, 2.24) is 35.5 Å². The number of anilines is 3. The number of pyridine rings is 1. The fourth-order valence-electron chi connectivity index (χ4n) is 3.38. The molecule has 2 amide bonds. The molecule has 0 unspecified atom stereocenters. The number of carbonyl (C=O) groups is 2. The van der Waals surface area contributed by atoms with Crippen LogP contribution in [-0.2, 0) is 4.79 Å². The zero-order valence-electron chi connectivity index (χ0n) is 20.9. The minimum absolute atomic E-state index is 0.0239. The molecule has 0 radical (unpaired) electrons. The van der Waals surface area contributed by atoms with E-state index in [1.54, 1.807) is 17.1 Å². The lowest BCUT2D eigenvalue weighted by molar-refractivity contribution is -0.117. The predicted molar refractivity (Wildman–Crippen MR) is 118 cm³/mol. The standard InChI is InChI=1S/C21H22FN9O3/c1-23-21(33)17-14(8-16(28-29-17)27-20(32)12-7-13(12)22)26-19-18(34-2)11(5-6-24-19)15-9-25-31(30-15)10-3-4-10/h5-6,8-10,12-13H,3-4,7H2,1-2H3,(H,23,33)(H2,24,26,27,28,32)/t12-,13+/m1/s1/i1D3. The molecule has 2 atom stereocenters. The van der Waals surface area contributed by atoms with Crippen molar-refractivity contribution in [3.8, 4) is 17.0 Å². The summed E-state index contributed by atoms with van der Waals surface area (Å²) < 4.78 is 40.8. The molecule has 176 valence electrons. The first-order chi connectivity index (χ1) is 17.6. The Balaban J connectivity index is 1.49. The predicted octanol–water partition coefficient (Wildman–Crippen LogP) is 1.87. The monoisotopic (exact) mass is 470 g/mol. The molecule has 34 heavy (non-hydrogen) atoms. The minimum Gasteiger partial charge on any atom is -0.492 e. The van der Waals surface area contributed by atoms with E-state index >= 15 is 0 Å². The second-order valence-electron chi connectivity index (χ2n) is 7.94. The van der Waals surface area contributed by atoms with Gasteiger partial charge in [-0.25, -0.2) is 9.37 Å². The molecule has 12 nitrogen and oxygen atoms in total. The van der Waals surface area contributed by atoms with Crippen molar-refractivity contribution in [2.45, 2.75) is 31.5 Å².